The minimum Gasteiger partial charge on any atom is -0.355 e. The van der Waals surface area contributed by atoms with Crippen LogP contribution in [0.25, 0.3) is 0 Å². The fourth-order valence-electron chi connectivity index (χ4n) is 2.05. The van der Waals surface area contributed by atoms with E-state index in [1.165, 1.54) is 6.42 Å². The van der Waals surface area contributed by atoms with Crippen LogP contribution in [0.1, 0.15) is 34.1 Å². The van der Waals surface area contributed by atoms with Gasteiger partial charge in [-0.25, -0.2) is 0 Å². The molecule has 1 rings (SSSR count). The maximum absolute atomic E-state index is 12.0. The third-order valence-electron chi connectivity index (χ3n) is 3.36. The summed E-state index contributed by atoms with van der Waals surface area (Å²) in [6, 6.07) is 0. The van der Waals surface area contributed by atoms with Crippen molar-refractivity contribution in [3.63, 3.8) is 0 Å². The molecule has 0 saturated carbocycles. The molecule has 0 radical (unpaired) electrons. The van der Waals surface area contributed by atoms with Crippen LogP contribution < -0.4 is 5.32 Å². The first kappa shape index (κ1) is 17.8. The van der Waals surface area contributed by atoms with Crippen LogP contribution in [0.4, 0.5) is 0 Å². The van der Waals surface area contributed by atoms with Crippen LogP contribution in [0.15, 0.2) is 4.99 Å². The summed E-state index contributed by atoms with van der Waals surface area (Å²) in [4.78, 5) is 6.69. The topological polar surface area (TPSA) is 44.7 Å². The van der Waals surface area contributed by atoms with Gasteiger partial charge in [0, 0.05) is 59.0 Å². The molecule has 1 fully saturated rings. The van der Waals surface area contributed by atoms with Crippen molar-refractivity contribution in [2.75, 3.05) is 38.2 Å². The van der Waals surface area contributed by atoms with E-state index in [-0.39, 0.29) is 4.75 Å². The molecule has 1 saturated heterocycles. The zero-order valence-corrected chi connectivity index (χ0v) is 15.1. The van der Waals surface area contributed by atoms with Gasteiger partial charge in [-0.3, -0.25) is 9.20 Å². The molecule has 0 aliphatic carbocycles. The van der Waals surface area contributed by atoms with E-state index in [1.54, 1.807) is 0 Å². The quantitative estimate of drug-likeness (QED) is 0.635. The first-order valence-electron chi connectivity index (χ1n) is 7.34. The van der Waals surface area contributed by atoms with Gasteiger partial charge < -0.3 is 10.2 Å². The minimum atomic E-state index is -0.809. The summed E-state index contributed by atoms with van der Waals surface area (Å²) in [6.07, 6.45) is 1.20. The van der Waals surface area contributed by atoms with Gasteiger partial charge in [-0.1, -0.05) is 6.92 Å². The molecule has 1 aliphatic rings. The fraction of sp³-hybridized carbons (Fsp3) is 0.929. The van der Waals surface area contributed by atoms with Crippen LogP contribution in [-0.2, 0) is 10.8 Å². The third kappa shape index (κ3) is 5.64. The molecule has 118 valence electrons. The Morgan fingerprint density at radius 1 is 1.50 bits per heavy atom. The molecule has 2 atom stereocenters. The molecule has 1 N–H and O–H groups in total. The fourth-order valence-corrected chi connectivity index (χ4v) is 4.13. The number of nitrogens with one attached hydrogen (secondary N) is 1. The summed E-state index contributed by atoms with van der Waals surface area (Å²) in [5, 5.41) is 4.06. The standard InChI is InChI=1S/C14H29N3OS2/c1-6-12-11-17(8-9-19-12)13(15-5)16-7-10-20(18)14(2,3)4/h12H,6-11H2,1-5H3,(H,15,16). The van der Waals surface area contributed by atoms with Gasteiger partial charge in [-0.15, -0.1) is 0 Å². The second-order valence-electron chi connectivity index (χ2n) is 5.98. The number of rotatable bonds is 4. The molecule has 0 aromatic rings. The van der Waals surface area contributed by atoms with E-state index in [2.05, 4.69) is 33.9 Å². The van der Waals surface area contributed by atoms with E-state index in [1.807, 2.05) is 27.8 Å². The lowest BCUT2D eigenvalue weighted by molar-refractivity contribution is 0.409. The van der Waals surface area contributed by atoms with Crippen molar-refractivity contribution in [3.05, 3.63) is 0 Å². The smallest absolute Gasteiger partial charge is 0.193 e. The van der Waals surface area contributed by atoms with Crippen LogP contribution in [-0.4, -0.2) is 63.3 Å². The van der Waals surface area contributed by atoms with Crippen molar-refractivity contribution in [2.24, 2.45) is 4.99 Å². The van der Waals surface area contributed by atoms with Crippen LogP contribution in [0.2, 0.25) is 0 Å². The molecule has 4 nitrogen and oxygen atoms in total. The van der Waals surface area contributed by atoms with E-state index < -0.39 is 10.8 Å². The molecule has 20 heavy (non-hydrogen) atoms. The van der Waals surface area contributed by atoms with Crippen molar-refractivity contribution in [2.45, 2.75) is 44.1 Å². The first-order chi connectivity index (χ1) is 9.38. The Labute approximate surface area is 130 Å². The van der Waals surface area contributed by atoms with Gasteiger partial charge in [0.05, 0.1) is 0 Å². The van der Waals surface area contributed by atoms with Gasteiger partial charge in [0.15, 0.2) is 5.96 Å². The van der Waals surface area contributed by atoms with Gasteiger partial charge in [-0.05, 0) is 27.2 Å². The van der Waals surface area contributed by atoms with Gasteiger partial charge in [0.1, 0.15) is 0 Å². The van der Waals surface area contributed by atoms with Crippen LogP contribution in [0.3, 0.4) is 0 Å². The summed E-state index contributed by atoms with van der Waals surface area (Å²) in [5.41, 5.74) is 0. The first-order valence-corrected chi connectivity index (χ1v) is 9.71. The maximum atomic E-state index is 12.0. The van der Waals surface area contributed by atoms with Gasteiger partial charge in [0.25, 0.3) is 0 Å². The van der Waals surface area contributed by atoms with Crippen molar-refractivity contribution >= 4 is 28.5 Å². The van der Waals surface area contributed by atoms with Crippen LogP contribution in [0, 0.1) is 0 Å². The number of hydrogen-bond acceptors (Lipinski definition) is 3. The van der Waals surface area contributed by atoms with Crippen molar-refractivity contribution < 1.29 is 4.21 Å². The van der Waals surface area contributed by atoms with Crippen molar-refractivity contribution in [1.82, 2.24) is 10.2 Å². The number of nitrogens with zero attached hydrogens (tertiary/aromatic N) is 2. The van der Waals surface area contributed by atoms with E-state index in [4.69, 9.17) is 0 Å². The average Bonchev–Trinajstić information content (AvgIpc) is 2.42. The summed E-state index contributed by atoms with van der Waals surface area (Å²) in [7, 11) is 1.02. The molecule has 0 amide bonds. The molecular formula is C14H29N3OS2. The molecule has 0 aromatic heterocycles. The molecule has 1 heterocycles. The van der Waals surface area contributed by atoms with Crippen molar-refractivity contribution in [1.29, 1.82) is 0 Å². The Hall–Kier alpha value is -0.230. The monoisotopic (exact) mass is 319 g/mol. The van der Waals surface area contributed by atoms with E-state index in [0.29, 0.717) is 11.0 Å². The van der Waals surface area contributed by atoms with Gasteiger partial charge >= 0.3 is 0 Å². The molecule has 2 unspecified atom stereocenters. The number of aliphatic imine (C=N–C) groups is 1. The van der Waals surface area contributed by atoms with E-state index >= 15 is 0 Å². The van der Waals surface area contributed by atoms with Gasteiger partial charge in [0.2, 0.25) is 0 Å². The molecule has 0 aromatic carbocycles. The SMILES string of the molecule is CCC1CN(C(=NC)NCCS(=O)C(C)(C)C)CCS1. The van der Waals surface area contributed by atoms with E-state index in [0.717, 1.165) is 31.3 Å². The molecular weight excluding hydrogens is 290 g/mol. The van der Waals surface area contributed by atoms with E-state index in [9.17, 15) is 4.21 Å². The minimum absolute atomic E-state index is 0.139. The lowest BCUT2D eigenvalue weighted by Crippen LogP contribution is -2.48. The highest BCUT2D eigenvalue weighted by molar-refractivity contribution is 8.00. The highest BCUT2D eigenvalue weighted by Crippen LogP contribution is 2.21. The molecule has 0 bridgehead atoms. The molecule has 0 spiro atoms. The maximum Gasteiger partial charge on any atom is 0.193 e. The van der Waals surface area contributed by atoms with Crippen LogP contribution >= 0.6 is 11.8 Å². The average molecular weight is 320 g/mol. The summed E-state index contributed by atoms with van der Waals surface area (Å²) >= 11 is 2.05. The summed E-state index contributed by atoms with van der Waals surface area (Å²) < 4.78 is 11.9. The second-order valence-corrected chi connectivity index (χ2v) is 9.72. The predicted molar refractivity (Wildman–Crippen MR) is 92.2 cm³/mol. The second kappa shape index (κ2) is 8.27. The number of hydrogen-bond donors (Lipinski definition) is 1. The Morgan fingerprint density at radius 3 is 2.75 bits per heavy atom. The molecule has 1 aliphatic heterocycles. The lowest BCUT2D eigenvalue weighted by atomic mass is 10.3. The number of guanidine groups is 1. The highest BCUT2D eigenvalue weighted by atomic mass is 32.2. The third-order valence-corrected chi connectivity index (χ3v) is 6.67. The number of thioether (sulfide) groups is 1. The predicted octanol–water partition coefficient (Wildman–Crippen LogP) is 1.94. The van der Waals surface area contributed by atoms with Crippen molar-refractivity contribution in [3.8, 4) is 0 Å². The Bertz CT molecular complexity index is 353. The summed E-state index contributed by atoms with van der Waals surface area (Å²) in [6.45, 7) is 11.1. The Kier molecular flexibility index (Phi) is 7.37. The zero-order chi connectivity index (χ0) is 15.2. The highest BCUT2D eigenvalue weighted by Gasteiger charge is 2.22. The summed E-state index contributed by atoms with van der Waals surface area (Å²) in [5.74, 6) is 2.78. The largest absolute Gasteiger partial charge is 0.355 e. The normalized spacial score (nSPS) is 22.8. The molecule has 6 heteroatoms. The van der Waals surface area contributed by atoms with Crippen LogP contribution in [0.5, 0.6) is 0 Å². The zero-order valence-electron chi connectivity index (χ0n) is 13.4. The van der Waals surface area contributed by atoms with Gasteiger partial charge in [-0.2, -0.15) is 11.8 Å². The Morgan fingerprint density at radius 2 is 2.20 bits per heavy atom. The lowest BCUT2D eigenvalue weighted by Gasteiger charge is -2.34. The Balaban J connectivity index is 2.42.